The molecule has 2 aromatic rings. The van der Waals surface area contributed by atoms with Crippen LogP contribution in [0, 0.1) is 19.7 Å². The molecule has 2 rings (SSSR count). The molecule has 0 saturated carbocycles. The Labute approximate surface area is 112 Å². The van der Waals surface area contributed by atoms with E-state index in [1.54, 1.807) is 16.8 Å². The van der Waals surface area contributed by atoms with Crippen molar-refractivity contribution in [1.82, 2.24) is 9.78 Å². The van der Waals surface area contributed by atoms with Crippen LogP contribution in [0.15, 0.2) is 24.3 Å². The van der Waals surface area contributed by atoms with Crippen LogP contribution in [0.25, 0.3) is 0 Å². The van der Waals surface area contributed by atoms with Crippen molar-refractivity contribution in [3.63, 3.8) is 0 Å². The summed E-state index contributed by atoms with van der Waals surface area (Å²) in [5.74, 6) is -0.527. The maximum absolute atomic E-state index is 13.1. The SMILES string of the molecule is CCc1c(C)nn(CC(=O)c2cccc(F)c2)c1C. The van der Waals surface area contributed by atoms with E-state index in [9.17, 15) is 9.18 Å². The third kappa shape index (κ3) is 2.72. The van der Waals surface area contributed by atoms with Crippen LogP contribution >= 0.6 is 0 Å². The topological polar surface area (TPSA) is 34.9 Å². The highest BCUT2D eigenvalue weighted by Crippen LogP contribution is 2.14. The number of carbonyl (C=O) groups excluding carboxylic acids is 1. The zero-order valence-electron chi connectivity index (χ0n) is 11.4. The Hall–Kier alpha value is -1.97. The van der Waals surface area contributed by atoms with E-state index in [1.165, 1.54) is 17.7 Å². The molecule has 0 saturated heterocycles. The molecule has 0 fully saturated rings. The van der Waals surface area contributed by atoms with Crippen molar-refractivity contribution in [2.45, 2.75) is 33.7 Å². The second-order valence-corrected chi connectivity index (χ2v) is 4.59. The molecule has 0 aliphatic heterocycles. The van der Waals surface area contributed by atoms with Crippen molar-refractivity contribution in [2.75, 3.05) is 0 Å². The fourth-order valence-corrected chi connectivity index (χ4v) is 2.29. The summed E-state index contributed by atoms with van der Waals surface area (Å²) < 4.78 is 14.8. The van der Waals surface area contributed by atoms with Crippen molar-refractivity contribution in [2.24, 2.45) is 0 Å². The molecular weight excluding hydrogens is 243 g/mol. The fourth-order valence-electron chi connectivity index (χ4n) is 2.29. The van der Waals surface area contributed by atoms with Crippen molar-refractivity contribution in [3.05, 3.63) is 52.6 Å². The van der Waals surface area contributed by atoms with E-state index in [1.807, 2.05) is 13.8 Å². The molecule has 1 heterocycles. The molecule has 0 unspecified atom stereocenters. The van der Waals surface area contributed by atoms with E-state index in [-0.39, 0.29) is 12.3 Å². The number of ketones is 1. The average Bonchev–Trinajstić information content (AvgIpc) is 2.64. The third-order valence-electron chi connectivity index (χ3n) is 3.32. The third-order valence-corrected chi connectivity index (χ3v) is 3.32. The van der Waals surface area contributed by atoms with Crippen molar-refractivity contribution < 1.29 is 9.18 Å². The van der Waals surface area contributed by atoms with E-state index in [4.69, 9.17) is 0 Å². The fraction of sp³-hybridized carbons (Fsp3) is 0.333. The molecule has 0 radical (unpaired) electrons. The number of nitrogens with zero attached hydrogens (tertiary/aromatic N) is 2. The quantitative estimate of drug-likeness (QED) is 0.792. The van der Waals surface area contributed by atoms with Crippen LogP contribution in [0.2, 0.25) is 0 Å². The van der Waals surface area contributed by atoms with Gasteiger partial charge < -0.3 is 0 Å². The summed E-state index contributed by atoms with van der Waals surface area (Å²) in [6.45, 7) is 6.11. The summed E-state index contributed by atoms with van der Waals surface area (Å²) in [6.07, 6.45) is 0.895. The van der Waals surface area contributed by atoms with Crippen LogP contribution < -0.4 is 0 Å². The summed E-state index contributed by atoms with van der Waals surface area (Å²) >= 11 is 0. The molecule has 3 nitrogen and oxygen atoms in total. The minimum absolute atomic E-state index is 0.132. The molecule has 1 aromatic heterocycles. The lowest BCUT2D eigenvalue weighted by Crippen LogP contribution is -2.13. The number of benzene rings is 1. The van der Waals surface area contributed by atoms with Gasteiger partial charge in [-0.25, -0.2) is 4.39 Å². The maximum Gasteiger partial charge on any atom is 0.184 e. The molecule has 4 heteroatoms. The van der Waals surface area contributed by atoms with Crippen LogP contribution in [0.3, 0.4) is 0 Å². The normalized spacial score (nSPS) is 10.7. The first-order chi connectivity index (χ1) is 9.02. The lowest BCUT2D eigenvalue weighted by molar-refractivity contribution is 0.0966. The second-order valence-electron chi connectivity index (χ2n) is 4.59. The van der Waals surface area contributed by atoms with E-state index in [0.717, 1.165) is 17.8 Å². The van der Waals surface area contributed by atoms with Gasteiger partial charge in [-0.15, -0.1) is 0 Å². The van der Waals surface area contributed by atoms with Gasteiger partial charge >= 0.3 is 0 Å². The summed E-state index contributed by atoms with van der Waals surface area (Å²) in [6, 6.07) is 5.75. The Morgan fingerprint density at radius 2 is 2.11 bits per heavy atom. The van der Waals surface area contributed by atoms with Gasteiger partial charge in [-0.05, 0) is 38.0 Å². The zero-order valence-corrected chi connectivity index (χ0v) is 11.4. The number of aryl methyl sites for hydroxylation is 1. The number of hydrogen-bond acceptors (Lipinski definition) is 2. The van der Waals surface area contributed by atoms with E-state index in [0.29, 0.717) is 5.56 Å². The van der Waals surface area contributed by atoms with Gasteiger partial charge in [0.15, 0.2) is 5.78 Å². The van der Waals surface area contributed by atoms with Crippen molar-refractivity contribution >= 4 is 5.78 Å². The number of halogens is 1. The number of aromatic nitrogens is 2. The highest BCUT2D eigenvalue weighted by Gasteiger charge is 2.13. The highest BCUT2D eigenvalue weighted by molar-refractivity contribution is 5.95. The van der Waals surface area contributed by atoms with Crippen LogP contribution in [-0.2, 0) is 13.0 Å². The molecule has 0 aliphatic carbocycles. The molecule has 0 atom stereocenters. The Bertz CT molecular complexity index is 617. The maximum atomic E-state index is 13.1. The van der Waals surface area contributed by atoms with Gasteiger partial charge in [-0.3, -0.25) is 9.48 Å². The predicted octanol–water partition coefficient (Wildman–Crippen LogP) is 3.08. The van der Waals surface area contributed by atoms with E-state index >= 15 is 0 Å². The molecule has 0 bridgehead atoms. The molecule has 0 aliphatic rings. The molecule has 19 heavy (non-hydrogen) atoms. The first-order valence-corrected chi connectivity index (χ1v) is 6.34. The average molecular weight is 260 g/mol. The number of carbonyl (C=O) groups is 1. The monoisotopic (exact) mass is 260 g/mol. The molecule has 0 spiro atoms. The van der Waals surface area contributed by atoms with Gasteiger partial charge in [-0.2, -0.15) is 5.10 Å². The lowest BCUT2D eigenvalue weighted by Gasteiger charge is -2.05. The van der Waals surface area contributed by atoms with E-state index < -0.39 is 5.82 Å². The summed E-state index contributed by atoms with van der Waals surface area (Å²) in [5, 5.41) is 4.37. The number of rotatable bonds is 4. The number of hydrogen-bond donors (Lipinski definition) is 0. The smallest absolute Gasteiger partial charge is 0.184 e. The van der Waals surface area contributed by atoms with Crippen LogP contribution in [0.4, 0.5) is 4.39 Å². The molecule has 1 aromatic carbocycles. The molecule has 100 valence electrons. The Morgan fingerprint density at radius 3 is 2.68 bits per heavy atom. The Balaban J connectivity index is 2.24. The van der Waals surface area contributed by atoms with Gasteiger partial charge in [0.1, 0.15) is 12.4 Å². The van der Waals surface area contributed by atoms with Gasteiger partial charge in [-0.1, -0.05) is 19.1 Å². The van der Waals surface area contributed by atoms with Crippen molar-refractivity contribution in [3.8, 4) is 0 Å². The number of Topliss-reactive ketones (excluding diaryl/α,β-unsaturated/α-hetero) is 1. The summed E-state index contributed by atoms with van der Waals surface area (Å²) in [7, 11) is 0. The summed E-state index contributed by atoms with van der Waals surface area (Å²) in [4.78, 5) is 12.1. The van der Waals surface area contributed by atoms with Gasteiger partial charge in [0, 0.05) is 11.3 Å². The minimum atomic E-state index is -0.395. The second kappa shape index (κ2) is 5.34. The van der Waals surface area contributed by atoms with Crippen molar-refractivity contribution in [1.29, 1.82) is 0 Å². The molecular formula is C15H17FN2O. The largest absolute Gasteiger partial charge is 0.292 e. The molecule has 0 amide bonds. The van der Waals surface area contributed by atoms with Crippen LogP contribution in [-0.4, -0.2) is 15.6 Å². The zero-order chi connectivity index (χ0) is 14.0. The van der Waals surface area contributed by atoms with Gasteiger partial charge in [0.2, 0.25) is 0 Å². The lowest BCUT2D eigenvalue weighted by atomic mass is 10.1. The predicted molar refractivity (Wildman–Crippen MR) is 71.8 cm³/mol. The van der Waals surface area contributed by atoms with Gasteiger partial charge in [0.25, 0.3) is 0 Å². The standard InChI is InChI=1S/C15H17FN2O/c1-4-14-10(2)17-18(11(14)3)9-15(19)12-6-5-7-13(16)8-12/h5-8H,4,9H2,1-3H3. The Morgan fingerprint density at radius 1 is 1.37 bits per heavy atom. The first kappa shape index (κ1) is 13.5. The Kier molecular flexibility index (Phi) is 3.79. The van der Waals surface area contributed by atoms with Crippen LogP contribution in [0.5, 0.6) is 0 Å². The highest BCUT2D eigenvalue weighted by atomic mass is 19.1. The first-order valence-electron chi connectivity index (χ1n) is 6.34. The van der Waals surface area contributed by atoms with Gasteiger partial charge in [0.05, 0.1) is 5.69 Å². The summed E-state index contributed by atoms with van der Waals surface area (Å²) in [5.41, 5.74) is 3.51. The molecule has 0 N–H and O–H groups in total. The van der Waals surface area contributed by atoms with Crippen LogP contribution in [0.1, 0.15) is 34.2 Å². The van der Waals surface area contributed by atoms with E-state index in [2.05, 4.69) is 12.0 Å². The minimum Gasteiger partial charge on any atom is -0.292 e.